The molecule has 1 unspecified atom stereocenters. The summed E-state index contributed by atoms with van der Waals surface area (Å²) in [6, 6.07) is 11.5. The number of benzene rings is 1. The van der Waals surface area contributed by atoms with Gasteiger partial charge in [0.1, 0.15) is 5.82 Å². The van der Waals surface area contributed by atoms with Gasteiger partial charge in [0.25, 0.3) is 5.91 Å². The second-order valence-electron chi connectivity index (χ2n) is 7.90. The molecule has 2 amide bonds. The predicted molar refractivity (Wildman–Crippen MR) is 114 cm³/mol. The summed E-state index contributed by atoms with van der Waals surface area (Å²) in [5, 5.41) is 5.97. The van der Waals surface area contributed by atoms with Crippen LogP contribution in [-0.2, 0) is 4.79 Å². The van der Waals surface area contributed by atoms with Crippen LogP contribution in [0.1, 0.15) is 66.9 Å². The summed E-state index contributed by atoms with van der Waals surface area (Å²) in [7, 11) is 0. The summed E-state index contributed by atoms with van der Waals surface area (Å²) in [6.45, 7) is 2.06. The first-order valence-electron chi connectivity index (χ1n) is 10.6. The van der Waals surface area contributed by atoms with Gasteiger partial charge in [0.2, 0.25) is 5.91 Å². The van der Waals surface area contributed by atoms with Crippen molar-refractivity contribution >= 4 is 23.3 Å². The predicted octanol–water partition coefficient (Wildman–Crippen LogP) is 4.06. The number of rotatable bonds is 4. The third-order valence-electron chi connectivity index (χ3n) is 5.72. The monoisotopic (exact) mass is 392 g/mol. The van der Waals surface area contributed by atoms with E-state index in [0.29, 0.717) is 12.0 Å². The quantitative estimate of drug-likeness (QED) is 0.823. The van der Waals surface area contributed by atoms with Gasteiger partial charge in [-0.3, -0.25) is 9.59 Å². The molecule has 152 valence electrons. The maximum absolute atomic E-state index is 12.7. The topological polar surface area (TPSA) is 74.3 Å². The van der Waals surface area contributed by atoms with Gasteiger partial charge < -0.3 is 15.5 Å². The van der Waals surface area contributed by atoms with Gasteiger partial charge in [0.05, 0.1) is 11.6 Å². The van der Waals surface area contributed by atoms with Crippen molar-refractivity contribution in [2.75, 3.05) is 23.3 Å². The van der Waals surface area contributed by atoms with Crippen LogP contribution < -0.4 is 15.5 Å². The van der Waals surface area contributed by atoms with Gasteiger partial charge in [0.15, 0.2) is 0 Å². The molecule has 2 aliphatic rings. The maximum atomic E-state index is 12.7. The lowest BCUT2D eigenvalue weighted by Gasteiger charge is -2.24. The highest BCUT2D eigenvalue weighted by Crippen LogP contribution is 2.25. The minimum atomic E-state index is -0.176. The Balaban J connectivity index is 1.41. The van der Waals surface area contributed by atoms with E-state index >= 15 is 0 Å². The first kappa shape index (κ1) is 19.4. The lowest BCUT2D eigenvalue weighted by atomic mass is 9.97. The van der Waals surface area contributed by atoms with Gasteiger partial charge in [0, 0.05) is 31.4 Å². The van der Waals surface area contributed by atoms with E-state index in [-0.39, 0.29) is 17.9 Å². The number of amides is 2. The van der Waals surface area contributed by atoms with Crippen molar-refractivity contribution < 1.29 is 9.59 Å². The molecule has 0 saturated carbocycles. The van der Waals surface area contributed by atoms with Crippen LogP contribution in [0.25, 0.3) is 0 Å². The first-order valence-corrected chi connectivity index (χ1v) is 10.6. The fourth-order valence-corrected chi connectivity index (χ4v) is 4.10. The minimum Gasteiger partial charge on any atom is -0.357 e. The van der Waals surface area contributed by atoms with Crippen LogP contribution in [-0.4, -0.2) is 29.9 Å². The van der Waals surface area contributed by atoms with Crippen molar-refractivity contribution in [3.8, 4) is 0 Å². The molecule has 0 aliphatic carbocycles. The highest BCUT2D eigenvalue weighted by molar-refractivity contribution is 6.04. The third-order valence-corrected chi connectivity index (χ3v) is 5.72. The van der Waals surface area contributed by atoms with Crippen molar-refractivity contribution in [1.82, 2.24) is 10.3 Å². The Kier molecular flexibility index (Phi) is 6.08. The highest BCUT2D eigenvalue weighted by Gasteiger charge is 2.20. The lowest BCUT2D eigenvalue weighted by Crippen LogP contribution is -2.32. The van der Waals surface area contributed by atoms with Crippen LogP contribution in [0, 0.1) is 0 Å². The largest absolute Gasteiger partial charge is 0.357 e. The fourth-order valence-electron chi connectivity index (χ4n) is 4.10. The van der Waals surface area contributed by atoms with Gasteiger partial charge in [-0.1, -0.05) is 25.0 Å². The molecule has 6 nitrogen and oxygen atoms in total. The average molecular weight is 393 g/mol. The molecule has 0 radical (unpaired) electrons. The molecule has 4 rings (SSSR count). The smallest absolute Gasteiger partial charge is 0.257 e. The third kappa shape index (κ3) is 4.94. The summed E-state index contributed by atoms with van der Waals surface area (Å²) in [6.07, 6.45) is 9.01. The molecule has 0 bridgehead atoms. The zero-order valence-corrected chi connectivity index (χ0v) is 16.7. The van der Waals surface area contributed by atoms with Gasteiger partial charge in [-0.25, -0.2) is 4.98 Å². The Bertz CT molecular complexity index is 857. The minimum absolute atomic E-state index is 0.0164. The summed E-state index contributed by atoms with van der Waals surface area (Å²) >= 11 is 0. The molecule has 2 saturated heterocycles. The lowest BCUT2D eigenvalue weighted by molar-refractivity contribution is -0.123. The van der Waals surface area contributed by atoms with E-state index in [9.17, 15) is 9.59 Å². The van der Waals surface area contributed by atoms with E-state index in [4.69, 9.17) is 0 Å². The Morgan fingerprint density at radius 1 is 1.07 bits per heavy atom. The summed E-state index contributed by atoms with van der Waals surface area (Å²) in [5.41, 5.74) is 2.29. The number of nitrogens with zero attached hydrogens (tertiary/aromatic N) is 2. The van der Waals surface area contributed by atoms with Crippen LogP contribution in [0.4, 0.5) is 11.5 Å². The maximum Gasteiger partial charge on any atom is 0.257 e. The molecule has 3 heterocycles. The molecule has 2 aliphatic heterocycles. The number of hydrogen-bond acceptors (Lipinski definition) is 4. The van der Waals surface area contributed by atoms with Gasteiger partial charge in [-0.2, -0.15) is 0 Å². The van der Waals surface area contributed by atoms with E-state index in [1.165, 1.54) is 25.7 Å². The summed E-state index contributed by atoms with van der Waals surface area (Å²) < 4.78 is 0. The SMILES string of the molecule is O=C1CCCC(c2cccc(NC(=O)c3ccc(N4CCCCCC4)nc3)c2)N1. The second-order valence-corrected chi connectivity index (χ2v) is 7.90. The molecule has 6 heteroatoms. The number of pyridine rings is 1. The Morgan fingerprint density at radius 2 is 1.90 bits per heavy atom. The summed E-state index contributed by atoms with van der Waals surface area (Å²) in [4.78, 5) is 31.2. The van der Waals surface area contributed by atoms with Crippen LogP contribution in [0.5, 0.6) is 0 Å². The highest BCUT2D eigenvalue weighted by atomic mass is 16.2. The fraction of sp³-hybridized carbons (Fsp3) is 0.435. The van der Waals surface area contributed by atoms with E-state index < -0.39 is 0 Å². The molecule has 2 aromatic rings. The Morgan fingerprint density at radius 3 is 2.62 bits per heavy atom. The van der Waals surface area contributed by atoms with Crippen LogP contribution >= 0.6 is 0 Å². The van der Waals surface area contributed by atoms with E-state index in [1.807, 2.05) is 36.4 Å². The number of piperidine rings is 1. The van der Waals surface area contributed by atoms with E-state index in [2.05, 4.69) is 20.5 Å². The number of carbonyl (C=O) groups is 2. The normalized spacial score (nSPS) is 19.9. The number of anilines is 2. The van der Waals surface area contributed by atoms with E-state index in [1.54, 1.807) is 6.20 Å². The van der Waals surface area contributed by atoms with Crippen molar-refractivity contribution in [2.24, 2.45) is 0 Å². The van der Waals surface area contributed by atoms with Crippen LogP contribution in [0.3, 0.4) is 0 Å². The van der Waals surface area contributed by atoms with Crippen molar-refractivity contribution in [1.29, 1.82) is 0 Å². The van der Waals surface area contributed by atoms with E-state index in [0.717, 1.165) is 43.0 Å². The van der Waals surface area contributed by atoms with Crippen molar-refractivity contribution in [2.45, 2.75) is 51.0 Å². The Hall–Kier alpha value is -2.89. The van der Waals surface area contributed by atoms with Gasteiger partial charge in [-0.05, 0) is 55.5 Å². The molecule has 1 aromatic heterocycles. The number of hydrogen-bond donors (Lipinski definition) is 2. The van der Waals surface area contributed by atoms with Crippen molar-refractivity contribution in [3.05, 3.63) is 53.7 Å². The van der Waals surface area contributed by atoms with Crippen LogP contribution in [0.2, 0.25) is 0 Å². The van der Waals surface area contributed by atoms with Crippen LogP contribution in [0.15, 0.2) is 42.6 Å². The standard InChI is InChI=1S/C23H28N4O2/c28-22-10-6-9-20(26-22)17-7-5-8-19(15-17)25-23(29)18-11-12-21(24-16-18)27-13-3-1-2-4-14-27/h5,7-8,11-12,15-16,20H,1-4,6,9-10,13-14H2,(H,25,29)(H,26,28). The zero-order chi connectivity index (χ0) is 20.1. The molecule has 2 fully saturated rings. The Labute approximate surface area is 171 Å². The molecular formula is C23H28N4O2. The number of nitrogens with one attached hydrogen (secondary N) is 2. The molecule has 0 spiro atoms. The molecule has 29 heavy (non-hydrogen) atoms. The second kappa shape index (κ2) is 9.07. The molecule has 1 aromatic carbocycles. The molecule has 2 N–H and O–H groups in total. The van der Waals surface area contributed by atoms with Crippen molar-refractivity contribution in [3.63, 3.8) is 0 Å². The zero-order valence-electron chi connectivity index (χ0n) is 16.7. The molecular weight excluding hydrogens is 364 g/mol. The number of carbonyl (C=O) groups excluding carboxylic acids is 2. The molecule has 1 atom stereocenters. The van der Waals surface area contributed by atoms with Gasteiger partial charge >= 0.3 is 0 Å². The van der Waals surface area contributed by atoms with Gasteiger partial charge in [-0.15, -0.1) is 0 Å². The summed E-state index contributed by atoms with van der Waals surface area (Å²) in [5.74, 6) is 0.856. The number of aromatic nitrogens is 1. The first-order chi connectivity index (χ1) is 14.2. The average Bonchev–Trinajstić information content (AvgIpc) is 3.04.